The number of fused-ring (bicyclic) bond motifs is 1. The molecule has 21 heavy (non-hydrogen) atoms. The number of aromatic nitrogens is 2. The monoisotopic (exact) mass is 287 g/mol. The Hall–Kier alpha value is -1.65. The maximum absolute atomic E-state index is 10.7. The quantitative estimate of drug-likeness (QED) is 0.803. The summed E-state index contributed by atoms with van der Waals surface area (Å²) in [7, 11) is 2.00. The van der Waals surface area contributed by atoms with Crippen LogP contribution in [0.25, 0.3) is 11.0 Å². The molecule has 2 N–H and O–H groups in total. The molecule has 0 aliphatic heterocycles. The molecule has 4 heteroatoms. The van der Waals surface area contributed by atoms with Crippen LogP contribution in [0, 0.1) is 12.8 Å². The second-order valence-electron chi connectivity index (χ2n) is 5.88. The number of aliphatic hydroxyl groups excluding tert-OH is 1. The zero-order valence-electron chi connectivity index (χ0n) is 13.3. The molecular formula is C17H25N3O. The molecule has 114 valence electrons. The molecule has 0 saturated carbocycles. The summed E-state index contributed by atoms with van der Waals surface area (Å²) in [5, 5.41) is 14.0. The lowest BCUT2D eigenvalue weighted by Crippen LogP contribution is -2.39. The SMILES string of the molecule is C=CCNC(C(C)C)C(O)c1ccc2c(c1)nc(C)n2C. The molecule has 2 rings (SSSR count). The van der Waals surface area contributed by atoms with Crippen LogP contribution in [-0.4, -0.2) is 27.2 Å². The summed E-state index contributed by atoms with van der Waals surface area (Å²) in [6, 6.07) is 5.99. The molecule has 0 radical (unpaired) electrons. The molecule has 0 saturated heterocycles. The Balaban J connectivity index is 2.32. The Kier molecular flexibility index (Phi) is 4.80. The Morgan fingerprint density at radius 3 is 2.76 bits per heavy atom. The Bertz CT molecular complexity index is 630. The lowest BCUT2D eigenvalue weighted by Gasteiger charge is -2.27. The van der Waals surface area contributed by atoms with Gasteiger partial charge in [0.1, 0.15) is 5.82 Å². The van der Waals surface area contributed by atoms with Crippen LogP contribution >= 0.6 is 0 Å². The highest BCUT2D eigenvalue weighted by Crippen LogP contribution is 2.25. The lowest BCUT2D eigenvalue weighted by atomic mass is 9.93. The zero-order chi connectivity index (χ0) is 15.6. The fraction of sp³-hybridized carbons (Fsp3) is 0.471. The molecule has 1 heterocycles. The van der Waals surface area contributed by atoms with Gasteiger partial charge in [0.2, 0.25) is 0 Å². The fourth-order valence-electron chi connectivity index (χ4n) is 2.66. The standard InChI is InChI=1S/C17H25N3O/c1-6-9-18-16(11(2)3)17(21)13-7-8-15-14(10-13)19-12(4)20(15)5/h6-8,10-11,16-18,21H,1,9H2,2-5H3. The van der Waals surface area contributed by atoms with Crippen molar-refractivity contribution < 1.29 is 5.11 Å². The molecule has 2 aromatic rings. The molecule has 1 aromatic heterocycles. The average molecular weight is 287 g/mol. The van der Waals surface area contributed by atoms with Gasteiger partial charge in [-0.1, -0.05) is 26.0 Å². The van der Waals surface area contributed by atoms with Crippen LogP contribution in [-0.2, 0) is 7.05 Å². The minimum absolute atomic E-state index is 0.00902. The second-order valence-corrected chi connectivity index (χ2v) is 5.88. The number of hydrogen-bond acceptors (Lipinski definition) is 3. The normalized spacial score (nSPS) is 14.6. The van der Waals surface area contributed by atoms with E-state index in [9.17, 15) is 5.11 Å². The summed E-state index contributed by atoms with van der Waals surface area (Å²) < 4.78 is 2.06. The van der Waals surface area contributed by atoms with Crippen LogP contribution in [0.2, 0.25) is 0 Å². The van der Waals surface area contributed by atoms with Crippen molar-refractivity contribution in [1.82, 2.24) is 14.9 Å². The number of aryl methyl sites for hydroxylation is 2. The Labute approximate surface area is 126 Å². The molecule has 1 aromatic carbocycles. The van der Waals surface area contributed by atoms with Gasteiger partial charge in [0.15, 0.2) is 0 Å². The van der Waals surface area contributed by atoms with E-state index in [1.54, 1.807) is 0 Å². The molecule has 0 fully saturated rings. The van der Waals surface area contributed by atoms with E-state index < -0.39 is 6.10 Å². The third-order valence-corrected chi connectivity index (χ3v) is 4.03. The third-order valence-electron chi connectivity index (χ3n) is 4.03. The molecule has 0 amide bonds. The van der Waals surface area contributed by atoms with Crippen molar-refractivity contribution in [3.8, 4) is 0 Å². The smallest absolute Gasteiger partial charge is 0.106 e. The maximum atomic E-state index is 10.7. The first-order chi connectivity index (χ1) is 9.95. The van der Waals surface area contributed by atoms with E-state index in [0.29, 0.717) is 12.5 Å². The molecule has 0 aliphatic rings. The van der Waals surface area contributed by atoms with Gasteiger partial charge in [0.25, 0.3) is 0 Å². The topological polar surface area (TPSA) is 50.1 Å². The maximum Gasteiger partial charge on any atom is 0.106 e. The van der Waals surface area contributed by atoms with E-state index >= 15 is 0 Å². The van der Waals surface area contributed by atoms with Crippen LogP contribution in [0.5, 0.6) is 0 Å². The first-order valence-corrected chi connectivity index (χ1v) is 7.41. The Morgan fingerprint density at radius 1 is 1.43 bits per heavy atom. The minimum atomic E-state index is -0.559. The molecule has 0 aliphatic carbocycles. The summed E-state index contributed by atoms with van der Waals surface area (Å²) in [6.45, 7) is 10.6. The van der Waals surface area contributed by atoms with Gasteiger partial charge in [0, 0.05) is 19.6 Å². The third kappa shape index (κ3) is 3.17. The predicted molar refractivity (Wildman–Crippen MR) is 87.2 cm³/mol. The molecule has 4 nitrogen and oxygen atoms in total. The van der Waals surface area contributed by atoms with E-state index in [-0.39, 0.29) is 6.04 Å². The van der Waals surface area contributed by atoms with Gasteiger partial charge in [-0.25, -0.2) is 4.98 Å². The van der Waals surface area contributed by atoms with Crippen LogP contribution in [0.3, 0.4) is 0 Å². The van der Waals surface area contributed by atoms with Crippen molar-refractivity contribution in [1.29, 1.82) is 0 Å². The van der Waals surface area contributed by atoms with Crippen molar-refractivity contribution in [2.45, 2.75) is 32.9 Å². The van der Waals surface area contributed by atoms with Crippen molar-refractivity contribution in [2.75, 3.05) is 6.54 Å². The Morgan fingerprint density at radius 2 is 2.14 bits per heavy atom. The summed E-state index contributed by atoms with van der Waals surface area (Å²) in [5.74, 6) is 1.29. The summed E-state index contributed by atoms with van der Waals surface area (Å²) in [5.41, 5.74) is 2.91. The summed E-state index contributed by atoms with van der Waals surface area (Å²) >= 11 is 0. The molecule has 0 spiro atoms. The van der Waals surface area contributed by atoms with Gasteiger partial charge in [0.05, 0.1) is 17.1 Å². The first kappa shape index (κ1) is 15.7. The molecular weight excluding hydrogens is 262 g/mol. The molecule has 2 unspecified atom stereocenters. The fourth-order valence-corrected chi connectivity index (χ4v) is 2.66. The van der Waals surface area contributed by atoms with Crippen molar-refractivity contribution in [3.63, 3.8) is 0 Å². The van der Waals surface area contributed by atoms with Crippen LogP contribution in [0.1, 0.15) is 31.3 Å². The van der Waals surface area contributed by atoms with Crippen molar-refractivity contribution in [3.05, 3.63) is 42.2 Å². The van der Waals surface area contributed by atoms with E-state index in [0.717, 1.165) is 22.4 Å². The largest absolute Gasteiger partial charge is 0.387 e. The molecule has 0 bridgehead atoms. The van der Waals surface area contributed by atoms with Gasteiger partial charge in [-0.2, -0.15) is 0 Å². The van der Waals surface area contributed by atoms with E-state index in [1.807, 2.05) is 38.2 Å². The summed E-state index contributed by atoms with van der Waals surface area (Å²) in [4.78, 5) is 4.54. The number of benzene rings is 1. The van der Waals surface area contributed by atoms with Gasteiger partial charge in [-0.3, -0.25) is 0 Å². The molecule has 2 atom stereocenters. The van der Waals surface area contributed by atoms with E-state index in [2.05, 4.69) is 35.3 Å². The zero-order valence-corrected chi connectivity index (χ0v) is 13.3. The van der Waals surface area contributed by atoms with Crippen LogP contribution in [0.15, 0.2) is 30.9 Å². The van der Waals surface area contributed by atoms with Crippen LogP contribution < -0.4 is 5.32 Å². The number of rotatable bonds is 6. The first-order valence-electron chi connectivity index (χ1n) is 7.41. The van der Waals surface area contributed by atoms with Gasteiger partial charge in [-0.15, -0.1) is 6.58 Å². The van der Waals surface area contributed by atoms with Gasteiger partial charge >= 0.3 is 0 Å². The lowest BCUT2D eigenvalue weighted by molar-refractivity contribution is 0.107. The van der Waals surface area contributed by atoms with E-state index in [1.165, 1.54) is 0 Å². The number of nitrogens with one attached hydrogen (secondary N) is 1. The van der Waals surface area contributed by atoms with Crippen LogP contribution in [0.4, 0.5) is 0 Å². The highest BCUT2D eigenvalue weighted by molar-refractivity contribution is 5.76. The summed E-state index contributed by atoms with van der Waals surface area (Å²) in [6.07, 6.45) is 1.25. The average Bonchev–Trinajstić information content (AvgIpc) is 2.73. The van der Waals surface area contributed by atoms with E-state index in [4.69, 9.17) is 0 Å². The van der Waals surface area contributed by atoms with Crippen molar-refractivity contribution in [2.24, 2.45) is 13.0 Å². The second kappa shape index (κ2) is 6.41. The number of nitrogens with zero attached hydrogens (tertiary/aromatic N) is 2. The van der Waals surface area contributed by atoms with Gasteiger partial charge in [-0.05, 0) is 30.5 Å². The minimum Gasteiger partial charge on any atom is -0.387 e. The number of hydrogen-bond donors (Lipinski definition) is 2. The highest BCUT2D eigenvalue weighted by Gasteiger charge is 2.23. The highest BCUT2D eigenvalue weighted by atomic mass is 16.3. The number of aliphatic hydroxyl groups is 1. The predicted octanol–water partition coefficient (Wildman–Crippen LogP) is 2.72. The van der Waals surface area contributed by atoms with Crippen molar-refractivity contribution >= 4 is 11.0 Å². The number of imidazole rings is 1. The van der Waals surface area contributed by atoms with Gasteiger partial charge < -0.3 is 15.0 Å².